The lowest BCUT2D eigenvalue weighted by atomic mass is 9.88. The molecule has 0 spiro atoms. The van der Waals surface area contributed by atoms with Gasteiger partial charge in [-0.2, -0.15) is 0 Å². The lowest BCUT2D eigenvalue weighted by Gasteiger charge is -2.32. The van der Waals surface area contributed by atoms with E-state index >= 15 is 0 Å². The zero-order valence-corrected chi connectivity index (χ0v) is 17.9. The van der Waals surface area contributed by atoms with Crippen molar-refractivity contribution < 1.29 is 14.7 Å². The highest BCUT2D eigenvalue weighted by Gasteiger charge is 2.25. The Labute approximate surface area is 183 Å². The van der Waals surface area contributed by atoms with E-state index < -0.39 is 6.09 Å². The lowest BCUT2D eigenvalue weighted by molar-refractivity contribution is 0.0712. The Morgan fingerprint density at radius 1 is 1.13 bits per heavy atom. The number of pyridine rings is 1. The first-order valence-corrected chi connectivity index (χ1v) is 10.7. The molecule has 3 aromatic rings. The second kappa shape index (κ2) is 8.83. The van der Waals surface area contributed by atoms with E-state index in [9.17, 15) is 9.59 Å². The van der Waals surface area contributed by atoms with Gasteiger partial charge in [0, 0.05) is 35.7 Å². The number of rotatable bonds is 4. The number of carboxylic acid groups (broad SMARTS) is 1. The molecular weight excluding hydrogens is 446 g/mol. The van der Waals surface area contributed by atoms with Crippen LogP contribution in [0.15, 0.2) is 59.2 Å². The number of benzene rings is 2. The third-order valence-electron chi connectivity index (χ3n) is 5.56. The highest BCUT2D eigenvalue weighted by atomic mass is 79.9. The van der Waals surface area contributed by atoms with Crippen LogP contribution in [0.4, 0.5) is 4.79 Å². The van der Waals surface area contributed by atoms with E-state index in [4.69, 9.17) is 5.11 Å². The van der Waals surface area contributed by atoms with Crippen LogP contribution < -0.4 is 5.32 Å². The molecule has 0 atom stereocenters. The summed E-state index contributed by atoms with van der Waals surface area (Å²) in [5, 5.41) is 12.1. The number of hydrogen-bond acceptors (Lipinski definition) is 3. The predicted octanol–water partition coefficient (Wildman–Crippen LogP) is 4.78. The topological polar surface area (TPSA) is 82.5 Å². The van der Waals surface area contributed by atoms with Crippen LogP contribution in [0.25, 0.3) is 10.9 Å². The molecule has 1 aromatic heterocycles. The molecule has 6 nitrogen and oxygen atoms in total. The summed E-state index contributed by atoms with van der Waals surface area (Å²) in [5.41, 5.74) is 3.61. The Morgan fingerprint density at radius 3 is 2.67 bits per heavy atom. The van der Waals surface area contributed by atoms with E-state index in [1.54, 1.807) is 6.20 Å². The van der Waals surface area contributed by atoms with Gasteiger partial charge < -0.3 is 15.3 Å². The van der Waals surface area contributed by atoms with E-state index in [1.165, 1.54) is 5.56 Å². The third-order valence-corrected chi connectivity index (χ3v) is 6.20. The molecule has 2 heterocycles. The summed E-state index contributed by atoms with van der Waals surface area (Å²) in [6, 6.07) is 15.8. The highest BCUT2D eigenvalue weighted by Crippen LogP contribution is 2.30. The Hall–Kier alpha value is -2.93. The first kappa shape index (κ1) is 20.3. The first-order chi connectivity index (χ1) is 14.5. The van der Waals surface area contributed by atoms with Crippen LogP contribution in [0.1, 0.15) is 40.2 Å². The van der Waals surface area contributed by atoms with Gasteiger partial charge in [0.2, 0.25) is 0 Å². The van der Waals surface area contributed by atoms with Crippen LogP contribution in [-0.4, -0.2) is 40.1 Å². The number of nitrogens with one attached hydrogen (secondary N) is 1. The molecule has 0 aliphatic carbocycles. The molecule has 2 aromatic carbocycles. The Kier molecular flexibility index (Phi) is 5.99. The van der Waals surface area contributed by atoms with Gasteiger partial charge in [0.25, 0.3) is 5.91 Å². The predicted molar refractivity (Wildman–Crippen MR) is 119 cm³/mol. The van der Waals surface area contributed by atoms with Gasteiger partial charge in [0.05, 0.1) is 11.1 Å². The second-order valence-electron chi connectivity index (χ2n) is 7.51. The van der Waals surface area contributed by atoms with Gasteiger partial charge >= 0.3 is 6.09 Å². The fraction of sp³-hybridized carbons (Fsp3) is 0.261. The molecule has 0 saturated carbocycles. The molecule has 1 aliphatic heterocycles. The maximum atomic E-state index is 13.0. The summed E-state index contributed by atoms with van der Waals surface area (Å²) < 4.78 is 0.917. The van der Waals surface area contributed by atoms with Gasteiger partial charge in [0.1, 0.15) is 0 Å². The number of fused-ring (bicyclic) bond motifs is 1. The van der Waals surface area contributed by atoms with Crippen molar-refractivity contribution in [1.29, 1.82) is 0 Å². The average molecular weight is 468 g/mol. The maximum absolute atomic E-state index is 13.0. The molecule has 0 radical (unpaired) electrons. The number of para-hydroxylation sites is 1. The summed E-state index contributed by atoms with van der Waals surface area (Å²) in [7, 11) is 0. The molecule has 1 aliphatic rings. The molecule has 4 rings (SSSR count). The Balaban J connectivity index is 1.41. The largest absolute Gasteiger partial charge is 0.465 e. The summed E-state index contributed by atoms with van der Waals surface area (Å²) in [6.07, 6.45) is 2.39. The molecule has 1 saturated heterocycles. The monoisotopic (exact) mass is 467 g/mol. The van der Waals surface area contributed by atoms with Crippen molar-refractivity contribution in [3.8, 4) is 0 Å². The number of aromatic nitrogens is 1. The number of carbonyl (C=O) groups excluding carboxylic acids is 1. The summed E-state index contributed by atoms with van der Waals surface area (Å²) in [5.74, 6) is 0.381. The fourth-order valence-corrected chi connectivity index (χ4v) is 4.46. The normalized spacial score (nSPS) is 14.6. The zero-order valence-electron chi connectivity index (χ0n) is 16.3. The number of carbonyl (C=O) groups is 2. The van der Waals surface area contributed by atoms with Gasteiger partial charge in [-0.15, -0.1) is 0 Å². The standard InChI is InChI=1S/C23H22BrN3O3/c24-20-6-2-5-18-12-19(14-25-21(18)20)22(28)27-9-7-16(8-10-27)17-4-1-3-15(11-17)13-26-23(29)30/h1-6,11-12,14,16,26H,7-10,13H2,(H,29,30). The van der Waals surface area contributed by atoms with Crippen LogP contribution in [0, 0.1) is 0 Å². The van der Waals surface area contributed by atoms with Gasteiger partial charge in [-0.3, -0.25) is 9.78 Å². The average Bonchev–Trinajstić information content (AvgIpc) is 2.77. The minimum atomic E-state index is -1.03. The van der Waals surface area contributed by atoms with Crippen LogP contribution in [-0.2, 0) is 6.54 Å². The zero-order chi connectivity index (χ0) is 21.1. The van der Waals surface area contributed by atoms with Crippen molar-refractivity contribution in [2.24, 2.45) is 0 Å². The van der Waals surface area contributed by atoms with Crippen LogP contribution in [0.5, 0.6) is 0 Å². The number of nitrogens with zero attached hydrogens (tertiary/aromatic N) is 2. The third kappa shape index (κ3) is 4.46. The van der Waals surface area contributed by atoms with E-state index in [0.29, 0.717) is 31.1 Å². The summed E-state index contributed by atoms with van der Waals surface area (Å²) in [6.45, 7) is 1.68. The smallest absolute Gasteiger partial charge is 0.404 e. The SMILES string of the molecule is O=C(O)NCc1cccc(C2CCN(C(=O)c3cnc4c(Br)cccc4c3)CC2)c1. The van der Waals surface area contributed by atoms with Gasteiger partial charge in [0.15, 0.2) is 0 Å². The fourth-order valence-electron chi connectivity index (χ4n) is 3.97. The van der Waals surface area contributed by atoms with Crippen molar-refractivity contribution in [2.45, 2.75) is 25.3 Å². The van der Waals surface area contributed by atoms with E-state index in [2.05, 4.69) is 38.4 Å². The molecule has 0 unspecified atom stereocenters. The quantitative estimate of drug-likeness (QED) is 0.577. The van der Waals surface area contributed by atoms with Crippen molar-refractivity contribution >= 4 is 38.8 Å². The van der Waals surface area contributed by atoms with E-state index in [-0.39, 0.29) is 5.91 Å². The van der Waals surface area contributed by atoms with Crippen molar-refractivity contribution in [3.63, 3.8) is 0 Å². The van der Waals surface area contributed by atoms with E-state index in [0.717, 1.165) is 33.8 Å². The number of amides is 2. The van der Waals surface area contributed by atoms with Crippen molar-refractivity contribution in [1.82, 2.24) is 15.2 Å². The number of piperidine rings is 1. The van der Waals surface area contributed by atoms with Crippen molar-refractivity contribution in [3.05, 3.63) is 75.9 Å². The van der Waals surface area contributed by atoms with Crippen LogP contribution in [0.3, 0.4) is 0 Å². The molecule has 2 amide bonds. The Morgan fingerprint density at radius 2 is 1.90 bits per heavy atom. The summed E-state index contributed by atoms with van der Waals surface area (Å²) in [4.78, 5) is 30.0. The molecule has 0 bridgehead atoms. The highest BCUT2D eigenvalue weighted by molar-refractivity contribution is 9.10. The van der Waals surface area contributed by atoms with Crippen LogP contribution >= 0.6 is 15.9 Å². The molecular formula is C23H22BrN3O3. The van der Waals surface area contributed by atoms with Crippen molar-refractivity contribution in [2.75, 3.05) is 13.1 Å². The molecule has 1 fully saturated rings. The summed E-state index contributed by atoms with van der Waals surface area (Å²) >= 11 is 3.49. The lowest BCUT2D eigenvalue weighted by Crippen LogP contribution is -2.38. The van der Waals surface area contributed by atoms with Gasteiger partial charge in [-0.05, 0) is 57.9 Å². The maximum Gasteiger partial charge on any atom is 0.404 e. The second-order valence-corrected chi connectivity index (χ2v) is 8.36. The number of halogens is 1. The first-order valence-electron chi connectivity index (χ1n) is 9.90. The van der Waals surface area contributed by atoms with Gasteiger partial charge in [-0.25, -0.2) is 4.79 Å². The minimum absolute atomic E-state index is 0.0160. The number of hydrogen-bond donors (Lipinski definition) is 2. The van der Waals surface area contributed by atoms with Crippen LogP contribution in [0.2, 0.25) is 0 Å². The van der Waals surface area contributed by atoms with E-state index in [1.807, 2.05) is 41.3 Å². The molecule has 2 N–H and O–H groups in total. The number of likely N-dealkylation sites (tertiary alicyclic amines) is 1. The van der Waals surface area contributed by atoms with Gasteiger partial charge in [-0.1, -0.05) is 36.4 Å². The molecule has 30 heavy (non-hydrogen) atoms. The Bertz CT molecular complexity index is 1090. The molecule has 7 heteroatoms. The molecule has 154 valence electrons. The minimum Gasteiger partial charge on any atom is -0.465 e.